The molecular weight excluding hydrogens is 266 g/mol. The van der Waals surface area contributed by atoms with E-state index in [2.05, 4.69) is 10.3 Å². The lowest BCUT2D eigenvalue weighted by Crippen LogP contribution is -2.40. The van der Waals surface area contributed by atoms with E-state index in [1.807, 2.05) is 30.9 Å². The Morgan fingerprint density at radius 2 is 2.19 bits per heavy atom. The highest BCUT2D eigenvalue weighted by Crippen LogP contribution is 2.29. The number of anilines is 1. The van der Waals surface area contributed by atoms with Crippen molar-refractivity contribution < 1.29 is 9.53 Å². The molecule has 1 aliphatic heterocycles. The molecule has 0 radical (unpaired) electrons. The van der Waals surface area contributed by atoms with Gasteiger partial charge in [0.25, 0.3) is 0 Å². The summed E-state index contributed by atoms with van der Waals surface area (Å²) in [6.07, 6.45) is 3.29. The average Bonchev–Trinajstić information content (AvgIpc) is 3.16. The number of ether oxygens (including phenoxy) is 1. The van der Waals surface area contributed by atoms with Crippen molar-refractivity contribution in [1.29, 1.82) is 0 Å². The number of nitrogens with one attached hydrogen (secondary N) is 1. The number of aryl methyl sites for hydroxylation is 2. The van der Waals surface area contributed by atoms with E-state index >= 15 is 0 Å². The zero-order chi connectivity index (χ0) is 14.8. The maximum absolute atomic E-state index is 12.6. The van der Waals surface area contributed by atoms with Crippen LogP contribution in [-0.4, -0.2) is 41.7 Å². The predicted octanol–water partition coefficient (Wildman–Crippen LogP) is 2.73. The van der Waals surface area contributed by atoms with Crippen LogP contribution >= 0.6 is 0 Å². The smallest absolute Gasteiger partial charge is 0.322 e. The first-order valence-corrected chi connectivity index (χ1v) is 7.73. The largest absolute Gasteiger partial charge is 0.381 e. The minimum absolute atomic E-state index is 0.00171. The van der Waals surface area contributed by atoms with E-state index in [4.69, 9.17) is 4.74 Å². The summed E-state index contributed by atoms with van der Waals surface area (Å²) in [7, 11) is 0. The maximum atomic E-state index is 12.6. The van der Waals surface area contributed by atoms with Gasteiger partial charge in [0.15, 0.2) is 0 Å². The first-order valence-electron chi connectivity index (χ1n) is 7.73. The Morgan fingerprint density at radius 3 is 2.81 bits per heavy atom. The standard InChI is InChI=1S/C16H23N3O2/c1-11-3-6-15(12(2)17-11)18-16(20)19(14-4-5-14)9-13-7-8-21-10-13/h3,6,13-14H,4-5,7-10H2,1-2H3,(H,18,20)/t13-/m0/s1. The normalized spacial score (nSPS) is 21.3. The Balaban J connectivity index is 1.66. The van der Waals surface area contributed by atoms with Crippen LogP contribution in [0.15, 0.2) is 12.1 Å². The molecule has 114 valence electrons. The SMILES string of the molecule is Cc1ccc(NC(=O)N(C[C@@H]2CCOC2)C2CC2)c(C)n1. The van der Waals surface area contributed by atoms with Crippen LogP contribution in [0.4, 0.5) is 10.5 Å². The second kappa shape index (κ2) is 6.02. The molecular formula is C16H23N3O2. The van der Waals surface area contributed by atoms with Gasteiger partial charge in [0.1, 0.15) is 0 Å². The first-order chi connectivity index (χ1) is 10.1. The summed E-state index contributed by atoms with van der Waals surface area (Å²) in [5.74, 6) is 0.480. The van der Waals surface area contributed by atoms with Crippen molar-refractivity contribution in [3.63, 3.8) is 0 Å². The van der Waals surface area contributed by atoms with Gasteiger partial charge in [0.2, 0.25) is 0 Å². The van der Waals surface area contributed by atoms with Crippen LogP contribution in [0.2, 0.25) is 0 Å². The molecule has 1 aromatic rings. The molecule has 0 spiro atoms. The van der Waals surface area contributed by atoms with Crippen molar-refractivity contribution in [1.82, 2.24) is 9.88 Å². The highest BCUT2D eigenvalue weighted by molar-refractivity contribution is 5.90. The van der Waals surface area contributed by atoms with Crippen LogP contribution in [0, 0.1) is 19.8 Å². The molecule has 1 aromatic heterocycles. The van der Waals surface area contributed by atoms with Gasteiger partial charge in [-0.25, -0.2) is 4.79 Å². The lowest BCUT2D eigenvalue weighted by atomic mass is 10.1. The lowest BCUT2D eigenvalue weighted by molar-refractivity contribution is 0.167. The summed E-state index contributed by atoms with van der Waals surface area (Å²) in [5.41, 5.74) is 2.63. The summed E-state index contributed by atoms with van der Waals surface area (Å²) in [6, 6.07) is 4.26. The van der Waals surface area contributed by atoms with Crippen LogP contribution < -0.4 is 5.32 Å². The Morgan fingerprint density at radius 1 is 1.38 bits per heavy atom. The Hall–Kier alpha value is -1.62. The number of nitrogens with zero attached hydrogens (tertiary/aromatic N) is 2. The first kappa shape index (κ1) is 14.3. The highest BCUT2D eigenvalue weighted by Gasteiger charge is 2.35. The van der Waals surface area contributed by atoms with Crippen molar-refractivity contribution in [2.75, 3.05) is 25.1 Å². The van der Waals surface area contributed by atoms with E-state index < -0.39 is 0 Å². The molecule has 1 atom stereocenters. The van der Waals surface area contributed by atoms with Gasteiger partial charge in [-0.1, -0.05) is 0 Å². The van der Waals surface area contributed by atoms with Gasteiger partial charge in [0.05, 0.1) is 18.0 Å². The fourth-order valence-corrected chi connectivity index (χ4v) is 2.80. The summed E-state index contributed by atoms with van der Waals surface area (Å²) in [4.78, 5) is 18.9. The summed E-state index contributed by atoms with van der Waals surface area (Å²) < 4.78 is 5.42. The van der Waals surface area contributed by atoms with Gasteiger partial charge in [-0.3, -0.25) is 4.98 Å². The van der Waals surface area contributed by atoms with E-state index in [9.17, 15) is 4.79 Å². The van der Waals surface area contributed by atoms with Crippen LogP contribution in [0.25, 0.3) is 0 Å². The highest BCUT2D eigenvalue weighted by atomic mass is 16.5. The van der Waals surface area contributed by atoms with Gasteiger partial charge in [0, 0.05) is 30.8 Å². The lowest BCUT2D eigenvalue weighted by Gasteiger charge is -2.25. The molecule has 0 unspecified atom stereocenters. The number of aromatic nitrogens is 1. The molecule has 21 heavy (non-hydrogen) atoms. The number of carbonyl (C=O) groups is 1. The quantitative estimate of drug-likeness (QED) is 0.927. The fourth-order valence-electron chi connectivity index (χ4n) is 2.80. The van der Waals surface area contributed by atoms with Crippen molar-refractivity contribution in [2.24, 2.45) is 5.92 Å². The fraction of sp³-hybridized carbons (Fsp3) is 0.625. The molecule has 0 bridgehead atoms. The second-order valence-corrected chi connectivity index (χ2v) is 6.13. The molecule has 2 aliphatic rings. The van der Waals surface area contributed by atoms with E-state index in [0.29, 0.717) is 12.0 Å². The minimum atomic E-state index is -0.00171. The van der Waals surface area contributed by atoms with E-state index in [1.54, 1.807) is 0 Å². The van der Waals surface area contributed by atoms with Crippen LogP contribution in [0.5, 0.6) is 0 Å². The van der Waals surface area contributed by atoms with Crippen molar-refractivity contribution >= 4 is 11.7 Å². The Bertz CT molecular complexity index is 522. The molecule has 5 heteroatoms. The Kier molecular flexibility index (Phi) is 4.10. The maximum Gasteiger partial charge on any atom is 0.322 e. The predicted molar refractivity (Wildman–Crippen MR) is 81.4 cm³/mol. The summed E-state index contributed by atoms with van der Waals surface area (Å²) in [5, 5.41) is 3.02. The van der Waals surface area contributed by atoms with Crippen molar-refractivity contribution in [2.45, 2.75) is 39.2 Å². The molecule has 0 aromatic carbocycles. The molecule has 2 heterocycles. The molecule has 5 nitrogen and oxygen atoms in total. The number of hydrogen-bond donors (Lipinski definition) is 1. The molecule has 1 aliphatic carbocycles. The number of rotatable bonds is 4. The molecule has 2 amide bonds. The van der Waals surface area contributed by atoms with Gasteiger partial charge < -0.3 is 15.0 Å². The van der Waals surface area contributed by atoms with Crippen molar-refractivity contribution in [3.8, 4) is 0 Å². The van der Waals surface area contributed by atoms with Gasteiger partial charge in [-0.2, -0.15) is 0 Å². The molecule has 3 rings (SSSR count). The van der Waals surface area contributed by atoms with Gasteiger partial charge >= 0.3 is 6.03 Å². The topological polar surface area (TPSA) is 54.5 Å². The van der Waals surface area contributed by atoms with E-state index in [0.717, 1.165) is 56.1 Å². The zero-order valence-corrected chi connectivity index (χ0v) is 12.8. The third-order valence-corrected chi connectivity index (χ3v) is 4.19. The molecule has 1 saturated carbocycles. The monoisotopic (exact) mass is 289 g/mol. The number of carbonyl (C=O) groups excluding carboxylic acids is 1. The van der Waals surface area contributed by atoms with Gasteiger partial charge in [-0.05, 0) is 45.2 Å². The number of amides is 2. The average molecular weight is 289 g/mol. The molecule has 1 saturated heterocycles. The van der Waals surface area contributed by atoms with Crippen LogP contribution in [-0.2, 0) is 4.74 Å². The summed E-state index contributed by atoms with van der Waals surface area (Å²) in [6.45, 7) is 6.28. The zero-order valence-electron chi connectivity index (χ0n) is 12.8. The number of pyridine rings is 1. The molecule has 2 fully saturated rings. The van der Waals surface area contributed by atoms with Crippen molar-refractivity contribution in [3.05, 3.63) is 23.5 Å². The number of urea groups is 1. The second-order valence-electron chi connectivity index (χ2n) is 6.13. The van der Waals surface area contributed by atoms with E-state index in [-0.39, 0.29) is 6.03 Å². The Labute approximate surface area is 125 Å². The number of hydrogen-bond acceptors (Lipinski definition) is 3. The third kappa shape index (κ3) is 3.53. The minimum Gasteiger partial charge on any atom is -0.381 e. The van der Waals surface area contributed by atoms with Crippen LogP contribution in [0.3, 0.4) is 0 Å². The van der Waals surface area contributed by atoms with Gasteiger partial charge in [-0.15, -0.1) is 0 Å². The summed E-state index contributed by atoms with van der Waals surface area (Å²) >= 11 is 0. The molecule has 1 N–H and O–H groups in total. The van der Waals surface area contributed by atoms with E-state index in [1.165, 1.54) is 0 Å². The van der Waals surface area contributed by atoms with Crippen LogP contribution in [0.1, 0.15) is 30.7 Å². The third-order valence-electron chi connectivity index (χ3n) is 4.19.